The number of carbonyl (C=O) groups excluding carboxylic acids is 3. The first-order chi connectivity index (χ1) is 13.1. The molecule has 1 spiro atoms. The second-order valence-electron chi connectivity index (χ2n) is 8.67. The van der Waals surface area contributed by atoms with E-state index in [1.807, 2.05) is 45.2 Å². The fourth-order valence-electron chi connectivity index (χ4n) is 4.93. The summed E-state index contributed by atoms with van der Waals surface area (Å²) in [5.41, 5.74) is -0.400. The van der Waals surface area contributed by atoms with Crippen molar-refractivity contribution in [3.05, 3.63) is 28.2 Å². The van der Waals surface area contributed by atoms with Crippen molar-refractivity contribution in [3.63, 3.8) is 0 Å². The van der Waals surface area contributed by atoms with Gasteiger partial charge in [0.25, 0.3) is 0 Å². The first-order valence-electron chi connectivity index (χ1n) is 9.39. The summed E-state index contributed by atoms with van der Waals surface area (Å²) < 4.78 is 0.831. The van der Waals surface area contributed by atoms with Crippen molar-refractivity contribution in [3.8, 4) is 0 Å². The van der Waals surface area contributed by atoms with Crippen LogP contribution in [0.15, 0.2) is 22.7 Å². The molecule has 28 heavy (non-hydrogen) atoms. The fourth-order valence-corrected chi connectivity index (χ4v) is 5.78. The Morgan fingerprint density at radius 3 is 2.57 bits per heavy atom. The van der Waals surface area contributed by atoms with E-state index in [0.29, 0.717) is 5.69 Å². The number of likely N-dealkylation sites (tertiary alicyclic amines) is 1. The Morgan fingerprint density at radius 2 is 1.93 bits per heavy atom. The van der Waals surface area contributed by atoms with Gasteiger partial charge in [-0.05, 0) is 57.4 Å². The summed E-state index contributed by atoms with van der Waals surface area (Å²) in [6, 6.07) is 5.35. The molecule has 0 aliphatic carbocycles. The van der Waals surface area contributed by atoms with Crippen LogP contribution in [-0.4, -0.2) is 46.2 Å². The number of carbonyl (C=O) groups is 3. The first kappa shape index (κ1) is 19.9. The van der Waals surface area contributed by atoms with Crippen molar-refractivity contribution < 1.29 is 14.4 Å². The largest absolute Gasteiger partial charge is 0.324 e. The summed E-state index contributed by atoms with van der Waals surface area (Å²) in [7, 11) is 0. The molecule has 0 bridgehead atoms. The molecule has 4 atom stereocenters. The number of nitrogens with one attached hydrogen (secondary N) is 2. The van der Waals surface area contributed by atoms with Gasteiger partial charge in [-0.3, -0.25) is 24.6 Å². The minimum absolute atomic E-state index is 0.172. The quantitative estimate of drug-likeness (QED) is 0.670. The molecule has 0 unspecified atom stereocenters. The van der Waals surface area contributed by atoms with Crippen molar-refractivity contribution in [2.45, 2.75) is 44.3 Å². The molecule has 8 heteroatoms. The molecule has 150 valence electrons. The van der Waals surface area contributed by atoms with E-state index in [1.54, 1.807) is 11.8 Å². The lowest BCUT2D eigenvalue weighted by Crippen LogP contribution is -2.55. The van der Waals surface area contributed by atoms with E-state index in [1.165, 1.54) is 4.90 Å². The van der Waals surface area contributed by atoms with E-state index in [0.717, 1.165) is 22.2 Å². The van der Waals surface area contributed by atoms with Gasteiger partial charge in [-0.1, -0.05) is 15.9 Å². The number of nitrogens with zero attached hydrogens (tertiary/aromatic N) is 1. The molecule has 3 aliphatic rings. The fraction of sp³-hybridized carbons (Fsp3) is 0.550. The van der Waals surface area contributed by atoms with Crippen LogP contribution in [0, 0.1) is 11.8 Å². The number of anilines is 1. The Hall–Kier alpha value is -1.38. The molecular formula is C20H24BrN3O3S. The number of amides is 3. The van der Waals surface area contributed by atoms with Crippen molar-refractivity contribution >= 4 is 51.1 Å². The molecule has 3 amide bonds. The van der Waals surface area contributed by atoms with Gasteiger partial charge in [-0.2, -0.15) is 11.8 Å². The Kier molecular flexibility index (Phi) is 4.67. The van der Waals surface area contributed by atoms with E-state index >= 15 is 0 Å². The smallest absolute Gasteiger partial charge is 0.250 e. The van der Waals surface area contributed by atoms with E-state index in [-0.39, 0.29) is 23.8 Å². The molecular weight excluding hydrogens is 442 g/mol. The minimum Gasteiger partial charge on any atom is -0.324 e. The lowest BCUT2D eigenvalue weighted by molar-refractivity contribution is -0.147. The molecule has 2 fully saturated rings. The van der Waals surface area contributed by atoms with Gasteiger partial charge in [0.1, 0.15) is 5.54 Å². The summed E-state index contributed by atoms with van der Waals surface area (Å²) >= 11 is 5.18. The number of benzene rings is 1. The monoisotopic (exact) mass is 465 g/mol. The highest BCUT2D eigenvalue weighted by atomic mass is 79.9. The van der Waals surface area contributed by atoms with E-state index in [4.69, 9.17) is 0 Å². The van der Waals surface area contributed by atoms with Crippen molar-refractivity contribution in [1.29, 1.82) is 0 Å². The van der Waals surface area contributed by atoms with Gasteiger partial charge in [0.05, 0.1) is 11.8 Å². The van der Waals surface area contributed by atoms with E-state index in [2.05, 4.69) is 26.6 Å². The summed E-state index contributed by atoms with van der Waals surface area (Å²) in [5.74, 6) is -1.10. The normalized spacial score (nSPS) is 31.5. The van der Waals surface area contributed by atoms with Crippen LogP contribution >= 0.6 is 27.7 Å². The van der Waals surface area contributed by atoms with Crippen LogP contribution in [-0.2, 0) is 19.9 Å². The number of fused-ring (bicyclic) bond motifs is 4. The van der Waals surface area contributed by atoms with Crippen LogP contribution in [0.25, 0.3) is 0 Å². The number of hydrogen-bond acceptors (Lipinski definition) is 5. The zero-order valence-electron chi connectivity index (χ0n) is 16.3. The van der Waals surface area contributed by atoms with Crippen LogP contribution in [0.2, 0.25) is 0 Å². The summed E-state index contributed by atoms with van der Waals surface area (Å²) in [6.07, 6.45) is 2.73. The van der Waals surface area contributed by atoms with Gasteiger partial charge in [0, 0.05) is 27.3 Å². The highest BCUT2D eigenvalue weighted by Gasteiger charge is 2.71. The van der Waals surface area contributed by atoms with Gasteiger partial charge in [-0.25, -0.2) is 0 Å². The van der Waals surface area contributed by atoms with Crippen molar-refractivity contribution in [2.24, 2.45) is 11.8 Å². The third-order valence-corrected chi connectivity index (χ3v) is 7.12. The first-order valence-corrected chi connectivity index (χ1v) is 11.6. The Labute approximate surface area is 177 Å². The molecule has 0 radical (unpaired) electrons. The Morgan fingerprint density at radius 1 is 1.21 bits per heavy atom. The lowest BCUT2D eigenvalue weighted by atomic mass is 9.76. The van der Waals surface area contributed by atoms with E-state index in [9.17, 15) is 14.4 Å². The maximum atomic E-state index is 13.5. The zero-order chi connectivity index (χ0) is 20.4. The topological polar surface area (TPSA) is 78.5 Å². The summed E-state index contributed by atoms with van der Waals surface area (Å²) in [6.45, 7) is 5.58. The maximum absolute atomic E-state index is 13.5. The maximum Gasteiger partial charge on any atom is 0.250 e. The Balaban J connectivity index is 1.89. The molecule has 2 N–H and O–H groups in total. The highest BCUT2D eigenvalue weighted by molar-refractivity contribution is 9.10. The predicted molar refractivity (Wildman–Crippen MR) is 113 cm³/mol. The number of thioether (sulfide) groups is 1. The number of halogens is 1. The molecule has 2 saturated heterocycles. The second kappa shape index (κ2) is 6.57. The average molecular weight is 466 g/mol. The predicted octanol–water partition coefficient (Wildman–Crippen LogP) is 2.72. The molecule has 0 aromatic heterocycles. The van der Waals surface area contributed by atoms with E-state index < -0.39 is 22.9 Å². The summed E-state index contributed by atoms with van der Waals surface area (Å²) in [4.78, 5) is 41.5. The number of imide groups is 1. The van der Waals surface area contributed by atoms with Crippen LogP contribution in [0.5, 0.6) is 0 Å². The van der Waals surface area contributed by atoms with Crippen molar-refractivity contribution in [2.75, 3.05) is 17.3 Å². The third-order valence-electron chi connectivity index (χ3n) is 5.98. The lowest BCUT2D eigenvalue weighted by Gasteiger charge is -2.34. The standard InChI is InChI=1S/C20H24BrN3O3S/c1-19(2,3)24-16(25)14-13(7-8-28-4)23-20(15(14)17(24)26)11-9-10(21)5-6-12(11)22-18(20)27/h5-6,9,13-15,23H,7-8H2,1-4H3,(H,22,27)/t13-,14-,15+,20+/m1/s1. The molecule has 4 rings (SSSR count). The van der Waals surface area contributed by atoms with Crippen LogP contribution in [0.1, 0.15) is 32.8 Å². The number of rotatable bonds is 3. The van der Waals surface area contributed by atoms with Gasteiger partial charge in [0.2, 0.25) is 17.7 Å². The second-order valence-corrected chi connectivity index (χ2v) is 10.6. The Bertz CT molecular complexity index is 884. The van der Waals surface area contributed by atoms with Gasteiger partial charge in [0.15, 0.2) is 0 Å². The third kappa shape index (κ3) is 2.60. The van der Waals surface area contributed by atoms with Crippen molar-refractivity contribution in [1.82, 2.24) is 10.2 Å². The highest BCUT2D eigenvalue weighted by Crippen LogP contribution is 2.54. The minimum atomic E-state index is -1.21. The van der Waals surface area contributed by atoms with Crippen LogP contribution in [0.3, 0.4) is 0 Å². The molecule has 6 nitrogen and oxygen atoms in total. The van der Waals surface area contributed by atoms with Crippen LogP contribution in [0.4, 0.5) is 5.69 Å². The zero-order valence-corrected chi connectivity index (χ0v) is 18.7. The van der Waals surface area contributed by atoms with Gasteiger partial charge in [-0.15, -0.1) is 0 Å². The summed E-state index contributed by atoms with van der Waals surface area (Å²) in [5, 5.41) is 6.38. The molecule has 1 aromatic carbocycles. The SMILES string of the molecule is CSCC[C@H]1N[C@]2(C(=O)Nc3ccc(Br)cc32)[C@@H]2C(=O)N(C(C)(C)C)C(=O)[C@@H]21. The van der Waals surface area contributed by atoms with Gasteiger partial charge < -0.3 is 5.32 Å². The van der Waals surface area contributed by atoms with Gasteiger partial charge >= 0.3 is 0 Å². The molecule has 3 aliphatic heterocycles. The average Bonchev–Trinajstić information content (AvgIpc) is 3.18. The molecule has 0 saturated carbocycles. The molecule has 3 heterocycles. The van der Waals surface area contributed by atoms with Crippen LogP contribution < -0.4 is 10.6 Å². The molecule has 1 aromatic rings. The number of hydrogen-bond donors (Lipinski definition) is 2.